The van der Waals surface area contributed by atoms with Crippen molar-refractivity contribution in [1.82, 2.24) is 10.1 Å². The van der Waals surface area contributed by atoms with Crippen LogP contribution in [0.3, 0.4) is 0 Å². The number of rotatable bonds is 6. The molecule has 1 aliphatic rings. The van der Waals surface area contributed by atoms with Crippen molar-refractivity contribution in [2.75, 3.05) is 37.5 Å². The molecule has 0 atom stereocenters. The molecule has 0 saturated carbocycles. The van der Waals surface area contributed by atoms with E-state index in [1.807, 2.05) is 18.2 Å². The van der Waals surface area contributed by atoms with E-state index in [0.717, 1.165) is 48.9 Å². The summed E-state index contributed by atoms with van der Waals surface area (Å²) in [4.78, 5) is 6.64. The van der Waals surface area contributed by atoms with E-state index in [0.29, 0.717) is 12.1 Å². The lowest BCUT2D eigenvalue weighted by Crippen LogP contribution is -2.39. The van der Waals surface area contributed by atoms with Gasteiger partial charge in [-0.05, 0) is 12.8 Å². The van der Waals surface area contributed by atoms with E-state index in [9.17, 15) is 0 Å². The fourth-order valence-electron chi connectivity index (χ4n) is 2.93. The number of methoxy groups -OCH3 is 2. The normalized spacial score (nSPS) is 15.5. The summed E-state index contributed by atoms with van der Waals surface area (Å²) in [6, 6.07) is 6.87. The van der Waals surface area contributed by atoms with Crippen LogP contribution in [0.15, 0.2) is 22.7 Å². The third kappa shape index (κ3) is 4.15. The highest BCUT2D eigenvalue weighted by Gasteiger charge is 2.23. The minimum Gasteiger partial charge on any atom is -0.497 e. The number of hydrogen-bond donors (Lipinski definition) is 1. The van der Waals surface area contributed by atoms with Crippen LogP contribution in [0.1, 0.15) is 38.4 Å². The second kappa shape index (κ2) is 7.63. The number of anilines is 2. The fourth-order valence-corrected chi connectivity index (χ4v) is 2.93. The summed E-state index contributed by atoms with van der Waals surface area (Å²) in [7, 11) is 3.32. The third-order valence-electron chi connectivity index (χ3n) is 4.44. The minimum atomic E-state index is 0.278. The Labute approximate surface area is 148 Å². The number of benzene rings is 1. The third-order valence-corrected chi connectivity index (χ3v) is 4.44. The van der Waals surface area contributed by atoms with Gasteiger partial charge in [-0.3, -0.25) is 0 Å². The Hall–Kier alpha value is -2.44. The van der Waals surface area contributed by atoms with E-state index in [-0.39, 0.29) is 5.92 Å². The molecule has 7 heteroatoms. The van der Waals surface area contributed by atoms with Gasteiger partial charge in [-0.1, -0.05) is 19.0 Å². The number of nitrogens with one attached hydrogen (secondary N) is 1. The van der Waals surface area contributed by atoms with E-state index < -0.39 is 0 Å². The lowest BCUT2D eigenvalue weighted by Gasteiger charge is -2.31. The van der Waals surface area contributed by atoms with E-state index in [2.05, 4.69) is 34.2 Å². The molecule has 25 heavy (non-hydrogen) atoms. The van der Waals surface area contributed by atoms with Gasteiger partial charge >= 0.3 is 6.01 Å². The van der Waals surface area contributed by atoms with Crippen LogP contribution >= 0.6 is 0 Å². The summed E-state index contributed by atoms with van der Waals surface area (Å²) < 4.78 is 16.0. The van der Waals surface area contributed by atoms with Crippen molar-refractivity contribution in [2.24, 2.45) is 0 Å². The van der Waals surface area contributed by atoms with Crippen LogP contribution < -0.4 is 19.7 Å². The van der Waals surface area contributed by atoms with Crippen molar-refractivity contribution in [3.05, 3.63) is 24.0 Å². The smallest absolute Gasteiger partial charge is 0.324 e. The van der Waals surface area contributed by atoms with Crippen LogP contribution in [0.5, 0.6) is 11.5 Å². The zero-order valence-corrected chi connectivity index (χ0v) is 15.3. The molecule has 1 aromatic heterocycles. The average Bonchev–Trinajstić information content (AvgIpc) is 3.12. The molecule has 0 radical (unpaired) electrons. The first kappa shape index (κ1) is 17.4. The maximum absolute atomic E-state index is 5.39. The standard InChI is InChI=1S/C18H26N4O3/c1-12(2)17-20-18(25-21-17)22-7-5-13(6-8-22)19-14-9-15(23-3)11-16(10-14)24-4/h9-13,19H,5-8H2,1-4H3. The Morgan fingerprint density at radius 1 is 1.12 bits per heavy atom. The molecular formula is C18H26N4O3. The Morgan fingerprint density at radius 3 is 2.28 bits per heavy atom. The number of piperidine rings is 1. The Kier molecular flexibility index (Phi) is 5.31. The molecule has 1 fully saturated rings. The summed E-state index contributed by atoms with van der Waals surface area (Å²) in [5.74, 6) is 2.61. The predicted octanol–water partition coefficient (Wildman–Crippen LogP) is 3.29. The molecule has 0 unspecified atom stereocenters. The summed E-state index contributed by atoms with van der Waals surface area (Å²) in [5, 5.41) is 7.62. The van der Waals surface area contributed by atoms with Gasteiger partial charge in [0.05, 0.1) is 14.2 Å². The highest BCUT2D eigenvalue weighted by Crippen LogP contribution is 2.28. The van der Waals surface area contributed by atoms with E-state index in [4.69, 9.17) is 14.0 Å². The molecule has 0 amide bonds. The summed E-state index contributed by atoms with van der Waals surface area (Å²) in [5.41, 5.74) is 1.01. The van der Waals surface area contributed by atoms with Crippen LogP contribution in [-0.4, -0.2) is 43.5 Å². The molecule has 1 saturated heterocycles. The summed E-state index contributed by atoms with van der Waals surface area (Å²) in [6.07, 6.45) is 2.00. The number of ether oxygens (including phenoxy) is 2. The van der Waals surface area contributed by atoms with E-state index >= 15 is 0 Å². The van der Waals surface area contributed by atoms with Crippen molar-refractivity contribution >= 4 is 11.7 Å². The van der Waals surface area contributed by atoms with Gasteiger partial charge in [0.15, 0.2) is 5.82 Å². The number of hydrogen-bond acceptors (Lipinski definition) is 7. The molecule has 1 aromatic carbocycles. The van der Waals surface area contributed by atoms with Crippen LogP contribution in [0.2, 0.25) is 0 Å². The van der Waals surface area contributed by atoms with Crippen molar-refractivity contribution in [2.45, 2.75) is 38.6 Å². The van der Waals surface area contributed by atoms with Gasteiger partial charge in [0.25, 0.3) is 0 Å². The molecule has 0 spiro atoms. The maximum Gasteiger partial charge on any atom is 0.324 e. The van der Waals surface area contributed by atoms with E-state index in [1.54, 1.807) is 14.2 Å². The van der Waals surface area contributed by atoms with Crippen LogP contribution in [0.4, 0.5) is 11.7 Å². The highest BCUT2D eigenvalue weighted by atomic mass is 16.5. The number of aromatic nitrogens is 2. The van der Waals surface area contributed by atoms with Gasteiger partial charge in [0, 0.05) is 48.9 Å². The van der Waals surface area contributed by atoms with Gasteiger partial charge in [-0.15, -0.1) is 0 Å². The molecule has 0 aliphatic carbocycles. The summed E-state index contributed by atoms with van der Waals surface area (Å²) >= 11 is 0. The second-order valence-electron chi connectivity index (χ2n) is 6.60. The molecule has 1 aliphatic heterocycles. The van der Waals surface area contributed by atoms with Crippen molar-refractivity contribution < 1.29 is 14.0 Å². The highest BCUT2D eigenvalue weighted by molar-refractivity contribution is 5.54. The fraction of sp³-hybridized carbons (Fsp3) is 0.556. The van der Waals surface area contributed by atoms with Crippen LogP contribution in [0.25, 0.3) is 0 Å². The van der Waals surface area contributed by atoms with Crippen molar-refractivity contribution in [3.63, 3.8) is 0 Å². The predicted molar refractivity (Wildman–Crippen MR) is 96.8 cm³/mol. The molecule has 136 valence electrons. The maximum atomic E-state index is 5.39. The van der Waals surface area contributed by atoms with Crippen LogP contribution in [-0.2, 0) is 0 Å². The monoisotopic (exact) mass is 346 g/mol. The molecular weight excluding hydrogens is 320 g/mol. The zero-order valence-electron chi connectivity index (χ0n) is 15.3. The minimum absolute atomic E-state index is 0.278. The van der Waals surface area contributed by atoms with Gasteiger partial charge < -0.3 is 24.2 Å². The van der Waals surface area contributed by atoms with Gasteiger partial charge in [0.2, 0.25) is 0 Å². The second-order valence-corrected chi connectivity index (χ2v) is 6.60. The van der Waals surface area contributed by atoms with E-state index in [1.165, 1.54) is 0 Å². The Morgan fingerprint density at radius 2 is 1.76 bits per heavy atom. The first-order valence-corrected chi connectivity index (χ1v) is 8.67. The average molecular weight is 346 g/mol. The topological polar surface area (TPSA) is 72.7 Å². The molecule has 0 bridgehead atoms. The molecule has 2 aromatic rings. The Bertz CT molecular complexity index is 671. The first-order valence-electron chi connectivity index (χ1n) is 8.67. The number of nitrogens with zero attached hydrogens (tertiary/aromatic N) is 3. The lowest BCUT2D eigenvalue weighted by molar-refractivity contribution is 0.389. The molecule has 1 N–H and O–H groups in total. The quantitative estimate of drug-likeness (QED) is 0.860. The first-order chi connectivity index (χ1) is 12.1. The van der Waals surface area contributed by atoms with Gasteiger partial charge in [-0.25, -0.2) is 0 Å². The zero-order chi connectivity index (χ0) is 17.8. The SMILES string of the molecule is COc1cc(NC2CCN(c3nc(C(C)C)no3)CC2)cc(OC)c1. The Balaban J connectivity index is 1.59. The summed E-state index contributed by atoms with van der Waals surface area (Å²) in [6.45, 7) is 5.90. The molecule has 7 nitrogen and oxygen atoms in total. The largest absolute Gasteiger partial charge is 0.497 e. The van der Waals surface area contributed by atoms with Crippen molar-refractivity contribution in [1.29, 1.82) is 0 Å². The van der Waals surface area contributed by atoms with Gasteiger partial charge in [0.1, 0.15) is 11.5 Å². The lowest BCUT2D eigenvalue weighted by atomic mass is 10.0. The van der Waals surface area contributed by atoms with Crippen LogP contribution in [0, 0.1) is 0 Å². The van der Waals surface area contributed by atoms with Gasteiger partial charge in [-0.2, -0.15) is 4.98 Å². The molecule has 3 rings (SSSR count). The molecule has 2 heterocycles. The van der Waals surface area contributed by atoms with Crippen molar-refractivity contribution in [3.8, 4) is 11.5 Å².